The van der Waals surface area contributed by atoms with Crippen LogP contribution >= 0.6 is 0 Å². The van der Waals surface area contributed by atoms with Crippen molar-refractivity contribution in [3.63, 3.8) is 0 Å². The smallest absolute Gasteiger partial charge is 0.123 e. The Morgan fingerprint density at radius 2 is 1.64 bits per heavy atom. The molecule has 2 atom stereocenters. The molecule has 1 aliphatic carbocycles. The summed E-state index contributed by atoms with van der Waals surface area (Å²) in [6, 6.07) is 7.85. The molecule has 0 aromatic heterocycles. The maximum atomic E-state index is 13.4. The predicted octanol–water partition coefficient (Wildman–Crippen LogP) is 4.90. The third kappa shape index (κ3) is 4.09. The van der Waals surface area contributed by atoms with Gasteiger partial charge in [-0.1, -0.05) is 12.1 Å². The van der Waals surface area contributed by atoms with E-state index < -0.39 is 0 Å². The summed E-state index contributed by atoms with van der Waals surface area (Å²) >= 11 is 0. The van der Waals surface area contributed by atoms with Gasteiger partial charge in [-0.05, 0) is 109 Å². The molecule has 2 nitrogen and oxygen atoms in total. The molecule has 25 heavy (non-hydrogen) atoms. The van der Waals surface area contributed by atoms with E-state index in [0.717, 1.165) is 0 Å². The van der Waals surface area contributed by atoms with Crippen molar-refractivity contribution in [1.29, 1.82) is 0 Å². The highest BCUT2D eigenvalue weighted by Crippen LogP contribution is 2.51. The summed E-state index contributed by atoms with van der Waals surface area (Å²) < 4.78 is 13.4. The number of likely N-dealkylation sites (N-methyl/N-ethyl adjacent to an activating group) is 1. The average Bonchev–Trinajstić information content (AvgIpc) is 2.55. The van der Waals surface area contributed by atoms with Crippen molar-refractivity contribution < 1.29 is 4.39 Å². The van der Waals surface area contributed by atoms with Crippen molar-refractivity contribution in [2.75, 3.05) is 27.2 Å². The number of hydrogen-bond acceptors (Lipinski definition) is 2. The molecule has 140 valence electrons. The van der Waals surface area contributed by atoms with Gasteiger partial charge in [-0.15, -0.1) is 0 Å². The Balaban J connectivity index is 1.78. The molecule has 0 amide bonds. The van der Waals surface area contributed by atoms with Crippen LogP contribution in [0, 0.1) is 11.2 Å². The van der Waals surface area contributed by atoms with Crippen molar-refractivity contribution >= 4 is 0 Å². The number of nitrogens with zero attached hydrogens (tertiary/aromatic N) is 2. The van der Waals surface area contributed by atoms with Crippen LogP contribution in [0.25, 0.3) is 0 Å². The monoisotopic (exact) mass is 346 g/mol. The summed E-state index contributed by atoms with van der Waals surface area (Å²) in [4.78, 5) is 5.02. The van der Waals surface area contributed by atoms with Gasteiger partial charge < -0.3 is 4.90 Å². The molecule has 1 saturated heterocycles. The van der Waals surface area contributed by atoms with Gasteiger partial charge in [0.15, 0.2) is 0 Å². The van der Waals surface area contributed by atoms with Gasteiger partial charge in [0.05, 0.1) is 0 Å². The first-order valence-corrected chi connectivity index (χ1v) is 9.87. The fourth-order valence-electron chi connectivity index (χ4n) is 5.13. The predicted molar refractivity (Wildman–Crippen MR) is 103 cm³/mol. The first-order chi connectivity index (χ1) is 11.7. The summed E-state index contributed by atoms with van der Waals surface area (Å²) in [5.41, 5.74) is 2.07. The third-order valence-electron chi connectivity index (χ3n) is 6.82. The maximum Gasteiger partial charge on any atom is 0.123 e. The van der Waals surface area contributed by atoms with Gasteiger partial charge in [0, 0.05) is 11.6 Å². The summed E-state index contributed by atoms with van der Waals surface area (Å²) in [5.74, 6) is 0.389. The molecule has 0 bridgehead atoms. The van der Waals surface area contributed by atoms with E-state index in [9.17, 15) is 4.39 Å². The lowest BCUT2D eigenvalue weighted by molar-refractivity contribution is 0.000654. The fourth-order valence-corrected chi connectivity index (χ4v) is 5.13. The Bertz CT molecular complexity index is 565. The normalized spacial score (nSPS) is 27.8. The Morgan fingerprint density at radius 1 is 1.04 bits per heavy atom. The lowest BCUT2D eigenvalue weighted by atomic mass is 9.61. The second-order valence-corrected chi connectivity index (χ2v) is 9.59. The third-order valence-corrected chi connectivity index (χ3v) is 6.82. The first kappa shape index (κ1) is 18.8. The minimum absolute atomic E-state index is 0.130. The average molecular weight is 347 g/mol. The van der Waals surface area contributed by atoms with E-state index in [2.05, 4.69) is 44.7 Å². The molecular weight excluding hydrogens is 311 g/mol. The molecule has 1 heterocycles. The molecule has 3 rings (SSSR count). The van der Waals surface area contributed by atoms with Crippen molar-refractivity contribution in [3.05, 3.63) is 35.6 Å². The molecule has 1 aliphatic heterocycles. The van der Waals surface area contributed by atoms with Crippen molar-refractivity contribution in [1.82, 2.24) is 9.80 Å². The number of piperidine rings is 1. The van der Waals surface area contributed by atoms with Crippen LogP contribution in [0.2, 0.25) is 0 Å². The minimum Gasteiger partial charge on any atom is -0.306 e. The summed E-state index contributed by atoms with van der Waals surface area (Å²) in [6.07, 6.45) is 6.46. The molecule has 2 aliphatic rings. The Kier molecular flexibility index (Phi) is 5.28. The summed E-state index contributed by atoms with van der Waals surface area (Å²) in [5, 5.41) is 0. The second-order valence-electron chi connectivity index (χ2n) is 9.59. The SMILES string of the molecule is CN(C)C1CCC2(CCN(C(C)(C)C)CC2)CC1c1ccc(F)cc1. The van der Waals surface area contributed by atoms with Crippen LogP contribution in [0.4, 0.5) is 4.39 Å². The van der Waals surface area contributed by atoms with Gasteiger partial charge in [0.25, 0.3) is 0 Å². The summed E-state index contributed by atoms with van der Waals surface area (Å²) in [6.45, 7) is 9.41. The van der Waals surface area contributed by atoms with Gasteiger partial charge in [-0.25, -0.2) is 4.39 Å². The highest BCUT2D eigenvalue weighted by molar-refractivity contribution is 5.24. The molecule has 1 saturated carbocycles. The van der Waals surface area contributed by atoms with Crippen LogP contribution in [0.3, 0.4) is 0 Å². The topological polar surface area (TPSA) is 6.48 Å². The molecule has 2 fully saturated rings. The van der Waals surface area contributed by atoms with Crippen LogP contribution in [0.5, 0.6) is 0 Å². The standard InChI is InChI=1S/C22H35FN2/c1-21(2,3)25-14-12-22(13-15-25)11-10-20(24(4)5)19(16-22)17-6-8-18(23)9-7-17/h6-9,19-20H,10-16H2,1-5H3. The van der Waals surface area contributed by atoms with E-state index in [1.165, 1.54) is 50.8 Å². The van der Waals surface area contributed by atoms with E-state index in [1.807, 2.05) is 12.1 Å². The van der Waals surface area contributed by atoms with E-state index in [1.54, 1.807) is 12.1 Å². The van der Waals surface area contributed by atoms with E-state index in [-0.39, 0.29) is 11.4 Å². The van der Waals surface area contributed by atoms with Gasteiger partial charge in [0.1, 0.15) is 5.82 Å². The molecule has 1 aromatic rings. The zero-order valence-electron chi connectivity index (χ0n) is 16.7. The highest BCUT2D eigenvalue weighted by atomic mass is 19.1. The summed E-state index contributed by atoms with van der Waals surface area (Å²) in [7, 11) is 4.39. The van der Waals surface area contributed by atoms with E-state index in [0.29, 0.717) is 17.4 Å². The molecule has 3 heteroatoms. The number of halogens is 1. The minimum atomic E-state index is -0.130. The lowest BCUT2D eigenvalue weighted by Crippen LogP contribution is -2.51. The first-order valence-electron chi connectivity index (χ1n) is 9.87. The van der Waals surface area contributed by atoms with Crippen molar-refractivity contribution in [2.45, 2.75) is 70.4 Å². The largest absolute Gasteiger partial charge is 0.306 e. The Hall–Kier alpha value is -0.930. The van der Waals surface area contributed by atoms with Gasteiger partial charge in [-0.3, -0.25) is 4.90 Å². The molecule has 1 spiro atoms. The van der Waals surface area contributed by atoms with E-state index in [4.69, 9.17) is 0 Å². The number of rotatable bonds is 2. The zero-order chi connectivity index (χ0) is 18.2. The van der Waals surface area contributed by atoms with Crippen molar-refractivity contribution in [2.24, 2.45) is 5.41 Å². The maximum absolute atomic E-state index is 13.4. The van der Waals surface area contributed by atoms with Crippen LogP contribution in [-0.2, 0) is 0 Å². The number of hydrogen-bond donors (Lipinski definition) is 0. The van der Waals surface area contributed by atoms with Crippen LogP contribution in [-0.4, -0.2) is 48.6 Å². The second kappa shape index (κ2) is 7.00. The van der Waals surface area contributed by atoms with Gasteiger partial charge in [-0.2, -0.15) is 0 Å². The van der Waals surface area contributed by atoms with Crippen LogP contribution < -0.4 is 0 Å². The highest BCUT2D eigenvalue weighted by Gasteiger charge is 2.44. The van der Waals surface area contributed by atoms with Gasteiger partial charge in [0.2, 0.25) is 0 Å². The molecular formula is C22H35FN2. The number of benzene rings is 1. The van der Waals surface area contributed by atoms with Crippen LogP contribution in [0.1, 0.15) is 64.4 Å². The molecule has 2 unspecified atom stereocenters. The van der Waals surface area contributed by atoms with Crippen molar-refractivity contribution in [3.8, 4) is 0 Å². The quantitative estimate of drug-likeness (QED) is 0.751. The Morgan fingerprint density at radius 3 is 2.16 bits per heavy atom. The molecule has 0 radical (unpaired) electrons. The lowest BCUT2D eigenvalue weighted by Gasteiger charge is -2.52. The van der Waals surface area contributed by atoms with Crippen LogP contribution in [0.15, 0.2) is 24.3 Å². The van der Waals surface area contributed by atoms with Gasteiger partial charge >= 0.3 is 0 Å². The molecule has 1 aromatic carbocycles. The zero-order valence-corrected chi connectivity index (χ0v) is 16.7. The fraction of sp³-hybridized carbons (Fsp3) is 0.727. The Labute approximate surface area is 153 Å². The number of likely N-dealkylation sites (tertiary alicyclic amines) is 1. The molecule has 0 N–H and O–H groups in total. The van der Waals surface area contributed by atoms with E-state index >= 15 is 0 Å².